The molecule has 2 aliphatic rings. The van der Waals surface area contributed by atoms with Gasteiger partial charge < -0.3 is 15.0 Å². The monoisotopic (exact) mass is 435 g/mol. The number of pyridine rings is 1. The molecule has 1 aromatic heterocycles. The molecule has 0 unspecified atom stereocenters. The third-order valence-electron chi connectivity index (χ3n) is 6.54. The van der Waals surface area contributed by atoms with Gasteiger partial charge in [-0.15, -0.1) is 0 Å². The zero-order valence-electron chi connectivity index (χ0n) is 19.9. The van der Waals surface area contributed by atoms with Crippen LogP contribution < -0.4 is 5.32 Å². The van der Waals surface area contributed by atoms with Crippen LogP contribution in [0.4, 0.5) is 0 Å². The highest BCUT2D eigenvalue weighted by atomic mass is 16.5. The van der Waals surface area contributed by atoms with Crippen molar-refractivity contribution in [3.8, 4) is 0 Å². The van der Waals surface area contributed by atoms with Crippen molar-refractivity contribution in [2.45, 2.75) is 70.6 Å². The zero-order chi connectivity index (χ0) is 22.8. The molecule has 4 rings (SSSR count). The van der Waals surface area contributed by atoms with Crippen molar-refractivity contribution < 1.29 is 9.53 Å². The lowest BCUT2D eigenvalue weighted by molar-refractivity contribution is -0.140. The van der Waals surface area contributed by atoms with Gasteiger partial charge in [0, 0.05) is 36.2 Å². The van der Waals surface area contributed by atoms with Gasteiger partial charge in [-0.1, -0.05) is 36.4 Å². The van der Waals surface area contributed by atoms with E-state index in [1.165, 1.54) is 5.56 Å². The minimum Gasteiger partial charge on any atom is -0.368 e. The normalized spacial score (nSPS) is 23.1. The molecule has 0 bridgehead atoms. The van der Waals surface area contributed by atoms with E-state index < -0.39 is 0 Å². The van der Waals surface area contributed by atoms with E-state index in [-0.39, 0.29) is 23.1 Å². The molecule has 172 valence electrons. The van der Waals surface area contributed by atoms with E-state index in [4.69, 9.17) is 9.72 Å². The van der Waals surface area contributed by atoms with Crippen molar-refractivity contribution in [3.05, 3.63) is 65.5 Å². The number of nitrogens with zero attached hydrogens (tertiary/aromatic N) is 2. The summed E-state index contributed by atoms with van der Waals surface area (Å²) < 4.78 is 6.04. The molecule has 2 saturated heterocycles. The number of rotatable bonds is 5. The fraction of sp³-hybridized carbons (Fsp3) is 0.556. The van der Waals surface area contributed by atoms with Crippen molar-refractivity contribution in [2.75, 3.05) is 19.7 Å². The van der Waals surface area contributed by atoms with Crippen LogP contribution in [0.1, 0.15) is 70.0 Å². The van der Waals surface area contributed by atoms with E-state index in [0.29, 0.717) is 32.0 Å². The minimum absolute atomic E-state index is 0.0589. The Kier molecular flexibility index (Phi) is 6.68. The molecule has 3 heterocycles. The third kappa shape index (κ3) is 5.96. The highest BCUT2D eigenvalue weighted by Crippen LogP contribution is 2.35. The maximum absolute atomic E-state index is 13.2. The number of carbonyl (C=O) groups excluding carboxylic acids is 1. The third-order valence-corrected chi connectivity index (χ3v) is 6.54. The summed E-state index contributed by atoms with van der Waals surface area (Å²) in [6.07, 6.45) is 3.30. The summed E-state index contributed by atoms with van der Waals surface area (Å²) in [5.74, 6) is 0.652. The fourth-order valence-electron chi connectivity index (χ4n) is 5.69. The summed E-state index contributed by atoms with van der Waals surface area (Å²) in [4.78, 5) is 20.1. The van der Waals surface area contributed by atoms with Crippen LogP contribution in [-0.2, 0) is 16.0 Å². The second-order valence-corrected chi connectivity index (χ2v) is 10.8. The van der Waals surface area contributed by atoms with Crippen LogP contribution in [0, 0.1) is 5.92 Å². The van der Waals surface area contributed by atoms with Crippen LogP contribution in [0.15, 0.2) is 48.5 Å². The Hall–Kier alpha value is -2.24. The Morgan fingerprint density at radius 1 is 1.06 bits per heavy atom. The second kappa shape index (κ2) is 9.32. The lowest BCUT2D eigenvalue weighted by Gasteiger charge is -2.47. The number of morpholine rings is 1. The fourth-order valence-corrected chi connectivity index (χ4v) is 5.69. The molecule has 2 aromatic rings. The Morgan fingerprint density at radius 3 is 2.50 bits per heavy atom. The van der Waals surface area contributed by atoms with Crippen LogP contribution in [0.3, 0.4) is 0 Å². The summed E-state index contributed by atoms with van der Waals surface area (Å²) in [6, 6.07) is 16.5. The molecule has 0 radical (unpaired) electrons. The predicted molar refractivity (Wildman–Crippen MR) is 127 cm³/mol. The van der Waals surface area contributed by atoms with Gasteiger partial charge in [0.15, 0.2) is 0 Å². The van der Waals surface area contributed by atoms with E-state index in [1.807, 2.05) is 23.1 Å². The molecule has 1 aromatic carbocycles. The molecule has 1 N–H and O–H groups in total. The average Bonchev–Trinajstić information content (AvgIpc) is 2.72. The number of nitrogens with one attached hydrogen (secondary N) is 1. The first-order chi connectivity index (χ1) is 15.2. The molecule has 5 nitrogen and oxygen atoms in total. The second-order valence-electron chi connectivity index (χ2n) is 10.8. The molecule has 0 spiro atoms. The largest absolute Gasteiger partial charge is 0.368 e. The molecular formula is C27H37N3O2. The van der Waals surface area contributed by atoms with Gasteiger partial charge in [-0.05, 0) is 64.2 Å². The van der Waals surface area contributed by atoms with Crippen molar-refractivity contribution in [2.24, 2.45) is 5.92 Å². The van der Waals surface area contributed by atoms with Crippen molar-refractivity contribution in [3.63, 3.8) is 0 Å². The number of hydrogen-bond acceptors (Lipinski definition) is 4. The van der Waals surface area contributed by atoms with Gasteiger partial charge in [-0.2, -0.15) is 0 Å². The topological polar surface area (TPSA) is 54.5 Å². The van der Waals surface area contributed by atoms with Gasteiger partial charge in [0.25, 0.3) is 0 Å². The van der Waals surface area contributed by atoms with Crippen LogP contribution in [0.5, 0.6) is 0 Å². The Balaban J connectivity index is 1.39. The van der Waals surface area contributed by atoms with Gasteiger partial charge in [-0.3, -0.25) is 9.78 Å². The van der Waals surface area contributed by atoms with Gasteiger partial charge >= 0.3 is 0 Å². The molecular weight excluding hydrogens is 398 g/mol. The average molecular weight is 436 g/mol. The van der Waals surface area contributed by atoms with Crippen molar-refractivity contribution >= 4 is 5.91 Å². The number of piperidine rings is 1. The molecule has 5 heteroatoms. The number of aromatic nitrogens is 1. The summed E-state index contributed by atoms with van der Waals surface area (Å²) in [6.45, 7) is 10.8. The Morgan fingerprint density at radius 2 is 1.78 bits per heavy atom. The lowest BCUT2D eigenvalue weighted by atomic mass is 9.74. The van der Waals surface area contributed by atoms with Crippen molar-refractivity contribution in [1.29, 1.82) is 0 Å². The van der Waals surface area contributed by atoms with Crippen LogP contribution in [0.2, 0.25) is 0 Å². The molecule has 0 aliphatic carbocycles. The van der Waals surface area contributed by atoms with E-state index in [2.05, 4.69) is 63.3 Å². The summed E-state index contributed by atoms with van der Waals surface area (Å²) in [5, 5.41) is 3.71. The van der Waals surface area contributed by atoms with Crippen LogP contribution in [0.25, 0.3) is 0 Å². The van der Waals surface area contributed by atoms with Gasteiger partial charge in [0.1, 0.15) is 6.10 Å². The SMILES string of the molecule is CC1(C)CC(CC(=O)N2CCO[C@@H](c3cccc(Cc4ccccc4)n3)C2)CC(C)(C)N1. The van der Waals surface area contributed by atoms with Gasteiger partial charge in [0.05, 0.1) is 18.8 Å². The van der Waals surface area contributed by atoms with E-state index >= 15 is 0 Å². The predicted octanol–water partition coefficient (Wildman–Crippen LogP) is 4.52. The van der Waals surface area contributed by atoms with E-state index in [9.17, 15) is 4.79 Å². The van der Waals surface area contributed by atoms with E-state index in [1.54, 1.807) is 0 Å². The van der Waals surface area contributed by atoms with E-state index in [0.717, 1.165) is 30.7 Å². The molecule has 32 heavy (non-hydrogen) atoms. The van der Waals surface area contributed by atoms with Gasteiger partial charge in [0.2, 0.25) is 5.91 Å². The maximum atomic E-state index is 13.2. The van der Waals surface area contributed by atoms with Crippen molar-refractivity contribution in [1.82, 2.24) is 15.2 Å². The Bertz CT molecular complexity index is 910. The number of benzene rings is 1. The minimum atomic E-state index is -0.163. The first-order valence-electron chi connectivity index (χ1n) is 11.9. The number of carbonyl (C=O) groups is 1. The van der Waals surface area contributed by atoms with Crippen LogP contribution >= 0.6 is 0 Å². The first kappa shape index (κ1) is 22.9. The molecule has 2 aliphatic heterocycles. The highest BCUT2D eigenvalue weighted by molar-refractivity contribution is 5.76. The summed E-state index contributed by atoms with van der Waals surface area (Å²) in [5.41, 5.74) is 3.30. The zero-order valence-corrected chi connectivity index (χ0v) is 19.9. The molecule has 1 atom stereocenters. The standard InChI is InChI=1S/C27H37N3O2/c1-26(2)17-21(18-27(3,4)29-26)16-25(31)30-13-14-32-24(19-30)23-12-8-11-22(28-23)15-20-9-6-5-7-10-20/h5-12,21,24,29H,13-19H2,1-4H3/t24-/m1/s1. The molecule has 0 saturated carbocycles. The molecule has 1 amide bonds. The lowest BCUT2D eigenvalue weighted by Crippen LogP contribution is -2.58. The first-order valence-corrected chi connectivity index (χ1v) is 11.9. The smallest absolute Gasteiger partial charge is 0.223 e. The number of ether oxygens (including phenoxy) is 1. The quantitative estimate of drug-likeness (QED) is 0.750. The maximum Gasteiger partial charge on any atom is 0.223 e. The highest BCUT2D eigenvalue weighted by Gasteiger charge is 2.39. The van der Waals surface area contributed by atoms with Crippen LogP contribution in [-0.4, -0.2) is 46.6 Å². The molecule has 2 fully saturated rings. The summed E-state index contributed by atoms with van der Waals surface area (Å²) >= 11 is 0. The summed E-state index contributed by atoms with van der Waals surface area (Å²) in [7, 11) is 0. The number of amides is 1. The Labute approximate surface area is 192 Å². The van der Waals surface area contributed by atoms with Gasteiger partial charge in [-0.25, -0.2) is 0 Å². The number of hydrogen-bond donors (Lipinski definition) is 1.